The van der Waals surface area contributed by atoms with Crippen molar-refractivity contribution in [1.29, 1.82) is 0 Å². The molecule has 1 aromatic rings. The van der Waals surface area contributed by atoms with Crippen LogP contribution < -0.4 is 0 Å². The number of nitrogens with zero attached hydrogens (tertiary/aromatic N) is 1. The lowest BCUT2D eigenvalue weighted by molar-refractivity contribution is -0.0474. The van der Waals surface area contributed by atoms with Crippen LogP contribution in [-0.4, -0.2) is 61.4 Å². The molecule has 1 saturated heterocycles. The minimum absolute atomic E-state index is 0.0321. The number of carbonyl (C=O) groups excluding carboxylic acids is 1. The minimum atomic E-state index is -1.19. The van der Waals surface area contributed by atoms with E-state index in [1.807, 2.05) is 0 Å². The Kier molecular flexibility index (Phi) is 4.75. The van der Waals surface area contributed by atoms with Gasteiger partial charge in [-0.1, -0.05) is 0 Å². The van der Waals surface area contributed by atoms with E-state index in [0.717, 1.165) is 6.42 Å². The van der Waals surface area contributed by atoms with E-state index < -0.39 is 5.97 Å². The molecule has 1 aliphatic heterocycles. The second-order valence-electron chi connectivity index (χ2n) is 4.52. The lowest BCUT2D eigenvalue weighted by Gasteiger charge is -2.38. The number of carboxylic acid groups (broad SMARTS) is 1. The molecule has 0 aliphatic carbocycles. The Morgan fingerprint density at radius 2 is 2.05 bits per heavy atom. The molecule has 0 spiro atoms. The minimum Gasteiger partial charge on any atom is -0.475 e. The number of rotatable bonds is 7. The topological polar surface area (TPSA) is 89.2 Å². The van der Waals surface area contributed by atoms with Crippen LogP contribution in [0.2, 0.25) is 0 Å². The first-order valence-corrected chi connectivity index (χ1v) is 6.34. The summed E-state index contributed by atoms with van der Waals surface area (Å²) in [6.07, 6.45) is 0.853. The molecule has 0 radical (unpaired) electrons. The van der Waals surface area contributed by atoms with Gasteiger partial charge < -0.3 is 23.9 Å². The van der Waals surface area contributed by atoms with Gasteiger partial charge in [0.1, 0.15) is 0 Å². The molecule has 0 aromatic carbocycles. The van der Waals surface area contributed by atoms with Gasteiger partial charge in [-0.3, -0.25) is 4.79 Å². The van der Waals surface area contributed by atoms with Crippen LogP contribution in [0.5, 0.6) is 0 Å². The molecule has 7 nitrogen and oxygen atoms in total. The van der Waals surface area contributed by atoms with Crippen LogP contribution in [0.3, 0.4) is 0 Å². The maximum Gasteiger partial charge on any atom is 0.371 e. The second kappa shape index (κ2) is 6.53. The number of hydrogen-bond donors (Lipinski definition) is 1. The second-order valence-corrected chi connectivity index (χ2v) is 4.52. The Hall–Kier alpha value is -1.86. The average Bonchev–Trinajstić information content (AvgIpc) is 2.85. The molecule has 0 atom stereocenters. The number of methoxy groups -OCH3 is 1. The number of likely N-dealkylation sites (tertiary alicyclic amines) is 1. The van der Waals surface area contributed by atoms with Crippen LogP contribution in [0.25, 0.3) is 0 Å². The van der Waals surface area contributed by atoms with Gasteiger partial charge in [0, 0.05) is 33.4 Å². The Balaban J connectivity index is 1.74. The van der Waals surface area contributed by atoms with Crippen molar-refractivity contribution in [3.63, 3.8) is 0 Å². The number of carboxylic acids is 1. The molecular weight excluding hydrogens is 266 g/mol. The first-order valence-electron chi connectivity index (χ1n) is 6.34. The van der Waals surface area contributed by atoms with Crippen LogP contribution in [0.15, 0.2) is 16.5 Å². The van der Waals surface area contributed by atoms with Gasteiger partial charge >= 0.3 is 5.97 Å². The molecule has 110 valence electrons. The average molecular weight is 283 g/mol. The predicted octanol–water partition coefficient (Wildman–Crippen LogP) is 0.855. The third kappa shape index (κ3) is 3.37. The van der Waals surface area contributed by atoms with E-state index in [1.54, 1.807) is 12.0 Å². The first-order chi connectivity index (χ1) is 9.61. The van der Waals surface area contributed by atoms with Crippen molar-refractivity contribution in [2.45, 2.75) is 12.5 Å². The Labute approximate surface area is 116 Å². The maximum absolute atomic E-state index is 11.9. The molecule has 20 heavy (non-hydrogen) atoms. The normalized spacial score (nSPS) is 15.2. The summed E-state index contributed by atoms with van der Waals surface area (Å²) in [6.45, 7) is 2.24. The number of aromatic carboxylic acids is 1. The zero-order valence-electron chi connectivity index (χ0n) is 11.2. The fourth-order valence-electron chi connectivity index (χ4n) is 1.89. The Morgan fingerprint density at radius 1 is 1.35 bits per heavy atom. The van der Waals surface area contributed by atoms with E-state index in [-0.39, 0.29) is 23.5 Å². The molecule has 0 saturated carbocycles. The molecule has 2 rings (SSSR count). The predicted molar refractivity (Wildman–Crippen MR) is 67.8 cm³/mol. The summed E-state index contributed by atoms with van der Waals surface area (Å²) in [4.78, 5) is 24.2. The molecular formula is C13H17NO6. The van der Waals surface area contributed by atoms with Crippen LogP contribution >= 0.6 is 0 Å². The molecule has 0 bridgehead atoms. The van der Waals surface area contributed by atoms with E-state index in [9.17, 15) is 9.59 Å². The highest BCUT2D eigenvalue weighted by Gasteiger charge is 2.33. The fourth-order valence-corrected chi connectivity index (χ4v) is 1.89. The van der Waals surface area contributed by atoms with Gasteiger partial charge in [-0.15, -0.1) is 0 Å². The number of carbonyl (C=O) groups is 2. The van der Waals surface area contributed by atoms with Gasteiger partial charge in [0.2, 0.25) is 5.76 Å². The van der Waals surface area contributed by atoms with E-state index in [4.69, 9.17) is 19.0 Å². The van der Waals surface area contributed by atoms with Gasteiger partial charge in [0.25, 0.3) is 5.91 Å². The summed E-state index contributed by atoms with van der Waals surface area (Å²) in [6, 6.07) is 2.65. The van der Waals surface area contributed by atoms with Gasteiger partial charge in [0.05, 0.1) is 6.10 Å². The Bertz CT molecular complexity index is 477. The van der Waals surface area contributed by atoms with Crippen molar-refractivity contribution >= 4 is 11.9 Å². The lowest BCUT2D eigenvalue weighted by atomic mass is 10.1. The van der Waals surface area contributed by atoms with Crippen LogP contribution in [0, 0.1) is 0 Å². The SMILES string of the molecule is COCCCOC1CN(C(=O)c2ccc(C(=O)O)o2)C1. The summed E-state index contributed by atoms with van der Waals surface area (Å²) >= 11 is 0. The van der Waals surface area contributed by atoms with Crippen molar-refractivity contribution in [3.8, 4) is 0 Å². The van der Waals surface area contributed by atoms with Gasteiger partial charge in [-0.2, -0.15) is 0 Å². The third-order valence-corrected chi connectivity index (χ3v) is 3.01. The first kappa shape index (κ1) is 14.5. The smallest absolute Gasteiger partial charge is 0.371 e. The van der Waals surface area contributed by atoms with E-state index in [2.05, 4.69) is 0 Å². The monoisotopic (exact) mass is 283 g/mol. The zero-order chi connectivity index (χ0) is 14.5. The third-order valence-electron chi connectivity index (χ3n) is 3.01. The lowest BCUT2D eigenvalue weighted by Crippen LogP contribution is -2.54. The van der Waals surface area contributed by atoms with E-state index >= 15 is 0 Å². The standard InChI is InChI=1S/C13H17NO6/c1-18-5-2-6-19-9-7-14(8-9)12(15)10-3-4-11(20-10)13(16)17/h3-4,9H,2,5-8H2,1H3,(H,16,17). The van der Waals surface area contributed by atoms with Crippen molar-refractivity contribution in [1.82, 2.24) is 4.90 Å². The number of ether oxygens (including phenoxy) is 2. The molecule has 7 heteroatoms. The number of furan rings is 1. The number of hydrogen-bond acceptors (Lipinski definition) is 5. The molecule has 1 N–H and O–H groups in total. The summed E-state index contributed by atoms with van der Waals surface area (Å²) in [7, 11) is 1.64. The maximum atomic E-state index is 11.9. The molecule has 1 amide bonds. The summed E-state index contributed by atoms with van der Waals surface area (Å²) in [5, 5.41) is 8.72. The summed E-state index contributed by atoms with van der Waals surface area (Å²) in [5.41, 5.74) is 0. The van der Waals surface area contributed by atoms with Crippen molar-refractivity contribution in [2.24, 2.45) is 0 Å². The van der Waals surface area contributed by atoms with Crippen molar-refractivity contribution < 1.29 is 28.6 Å². The molecule has 1 fully saturated rings. The summed E-state index contributed by atoms with van der Waals surface area (Å²) in [5.74, 6) is -1.69. The summed E-state index contributed by atoms with van der Waals surface area (Å²) < 4.78 is 15.4. The van der Waals surface area contributed by atoms with Crippen LogP contribution in [0.4, 0.5) is 0 Å². The van der Waals surface area contributed by atoms with Crippen molar-refractivity contribution in [3.05, 3.63) is 23.7 Å². The van der Waals surface area contributed by atoms with Crippen molar-refractivity contribution in [2.75, 3.05) is 33.4 Å². The molecule has 2 heterocycles. The zero-order valence-corrected chi connectivity index (χ0v) is 11.2. The largest absolute Gasteiger partial charge is 0.475 e. The molecule has 1 aromatic heterocycles. The van der Waals surface area contributed by atoms with Gasteiger partial charge in [0.15, 0.2) is 5.76 Å². The highest BCUT2D eigenvalue weighted by molar-refractivity contribution is 5.94. The quantitative estimate of drug-likeness (QED) is 0.746. The van der Waals surface area contributed by atoms with Gasteiger partial charge in [-0.25, -0.2) is 4.79 Å². The van der Waals surface area contributed by atoms with Gasteiger partial charge in [-0.05, 0) is 18.6 Å². The Morgan fingerprint density at radius 3 is 2.65 bits per heavy atom. The van der Waals surface area contributed by atoms with E-state index in [0.29, 0.717) is 26.3 Å². The molecule has 1 aliphatic rings. The number of amides is 1. The fraction of sp³-hybridized carbons (Fsp3) is 0.538. The highest BCUT2D eigenvalue weighted by Crippen LogP contribution is 2.18. The van der Waals surface area contributed by atoms with E-state index in [1.165, 1.54) is 12.1 Å². The van der Waals surface area contributed by atoms with Crippen LogP contribution in [-0.2, 0) is 9.47 Å². The van der Waals surface area contributed by atoms with Crippen LogP contribution in [0.1, 0.15) is 27.5 Å². The highest BCUT2D eigenvalue weighted by atomic mass is 16.5. The molecule has 0 unspecified atom stereocenters.